The summed E-state index contributed by atoms with van der Waals surface area (Å²) in [5.41, 5.74) is 4.27. The molecule has 4 aromatic rings. The highest BCUT2D eigenvalue weighted by Gasteiger charge is 2.34. The lowest BCUT2D eigenvalue weighted by Crippen LogP contribution is -2.28. The Balaban J connectivity index is 1.29. The van der Waals surface area contributed by atoms with E-state index in [1.165, 1.54) is 5.56 Å². The lowest BCUT2D eigenvalue weighted by Gasteiger charge is -2.17. The SMILES string of the molecule is Cc1ccc(CN2C[C@H](C(=O)Nc3ccccc3-c3nc(-c4ccccc4)no3)CC2=O)cc1. The van der Waals surface area contributed by atoms with Crippen LogP contribution in [0, 0.1) is 12.8 Å². The van der Waals surface area contributed by atoms with Gasteiger partial charge in [-0.25, -0.2) is 0 Å². The van der Waals surface area contributed by atoms with Crippen molar-refractivity contribution in [2.75, 3.05) is 11.9 Å². The van der Waals surface area contributed by atoms with Gasteiger partial charge in [0.1, 0.15) is 0 Å². The Bertz CT molecular complexity index is 1320. The van der Waals surface area contributed by atoms with E-state index in [9.17, 15) is 9.59 Å². The van der Waals surface area contributed by atoms with Crippen LogP contribution in [-0.2, 0) is 16.1 Å². The van der Waals surface area contributed by atoms with E-state index in [0.717, 1.165) is 11.1 Å². The van der Waals surface area contributed by atoms with Crippen molar-refractivity contribution in [3.8, 4) is 22.8 Å². The number of amides is 2. The van der Waals surface area contributed by atoms with Crippen LogP contribution >= 0.6 is 0 Å². The molecule has 1 atom stereocenters. The lowest BCUT2D eigenvalue weighted by atomic mass is 10.1. The van der Waals surface area contributed by atoms with Crippen LogP contribution in [-0.4, -0.2) is 33.4 Å². The highest BCUT2D eigenvalue weighted by Crippen LogP contribution is 2.30. The van der Waals surface area contributed by atoms with Crippen molar-refractivity contribution < 1.29 is 14.1 Å². The van der Waals surface area contributed by atoms with Gasteiger partial charge in [-0.15, -0.1) is 0 Å². The molecular weight excluding hydrogens is 428 g/mol. The maximum atomic E-state index is 13.1. The molecule has 0 unspecified atom stereocenters. The zero-order valence-electron chi connectivity index (χ0n) is 18.8. The Kier molecular flexibility index (Phi) is 5.91. The van der Waals surface area contributed by atoms with E-state index in [-0.39, 0.29) is 18.2 Å². The number of carbonyl (C=O) groups excluding carboxylic acids is 2. The molecule has 0 bridgehead atoms. The number of carbonyl (C=O) groups is 2. The summed E-state index contributed by atoms with van der Waals surface area (Å²) in [5, 5.41) is 7.04. The molecule has 2 amide bonds. The fourth-order valence-electron chi connectivity index (χ4n) is 4.07. The van der Waals surface area contributed by atoms with Gasteiger partial charge in [-0.05, 0) is 24.6 Å². The molecule has 34 heavy (non-hydrogen) atoms. The first kappa shape index (κ1) is 21.6. The molecule has 5 rings (SSSR count). The minimum absolute atomic E-state index is 0.0154. The largest absolute Gasteiger partial charge is 0.338 e. The zero-order valence-corrected chi connectivity index (χ0v) is 18.8. The van der Waals surface area contributed by atoms with E-state index in [1.54, 1.807) is 11.0 Å². The van der Waals surface area contributed by atoms with Gasteiger partial charge in [-0.2, -0.15) is 4.98 Å². The predicted molar refractivity (Wildman–Crippen MR) is 129 cm³/mol. The Morgan fingerprint density at radius 2 is 1.76 bits per heavy atom. The third-order valence-electron chi connectivity index (χ3n) is 5.95. The Labute approximate surface area is 197 Å². The molecule has 7 heteroatoms. The number of likely N-dealkylation sites (tertiary alicyclic amines) is 1. The summed E-state index contributed by atoms with van der Waals surface area (Å²) >= 11 is 0. The monoisotopic (exact) mass is 452 g/mol. The third kappa shape index (κ3) is 4.59. The van der Waals surface area contributed by atoms with E-state index in [0.29, 0.717) is 36.1 Å². The van der Waals surface area contributed by atoms with Gasteiger partial charge in [-0.1, -0.05) is 77.5 Å². The molecular formula is C27H24N4O3. The molecule has 1 saturated heterocycles. The van der Waals surface area contributed by atoms with Crippen LogP contribution in [0.1, 0.15) is 17.5 Å². The van der Waals surface area contributed by atoms with Gasteiger partial charge in [0.15, 0.2) is 0 Å². The number of para-hydroxylation sites is 1. The van der Waals surface area contributed by atoms with Gasteiger partial charge in [0.25, 0.3) is 5.89 Å². The summed E-state index contributed by atoms with van der Waals surface area (Å²) in [5.74, 6) is 0.158. The van der Waals surface area contributed by atoms with Crippen LogP contribution in [0.4, 0.5) is 5.69 Å². The number of nitrogens with zero attached hydrogens (tertiary/aromatic N) is 3. The molecule has 170 valence electrons. The van der Waals surface area contributed by atoms with E-state index in [1.807, 2.05) is 79.7 Å². The number of aromatic nitrogens is 2. The molecule has 0 aliphatic carbocycles. The summed E-state index contributed by atoms with van der Waals surface area (Å²) in [6.07, 6.45) is 0.193. The van der Waals surface area contributed by atoms with Crippen molar-refractivity contribution in [2.45, 2.75) is 19.9 Å². The predicted octanol–water partition coefficient (Wildman–Crippen LogP) is 4.70. The summed E-state index contributed by atoms with van der Waals surface area (Å²) < 4.78 is 5.49. The number of hydrogen-bond donors (Lipinski definition) is 1. The normalized spacial score (nSPS) is 15.5. The highest BCUT2D eigenvalue weighted by atomic mass is 16.5. The van der Waals surface area contributed by atoms with Crippen molar-refractivity contribution in [3.05, 3.63) is 90.0 Å². The minimum atomic E-state index is -0.423. The fraction of sp³-hybridized carbons (Fsp3) is 0.185. The first-order chi connectivity index (χ1) is 16.6. The maximum absolute atomic E-state index is 13.1. The molecule has 1 fully saturated rings. The molecule has 1 N–H and O–H groups in total. The van der Waals surface area contributed by atoms with Gasteiger partial charge in [-0.3, -0.25) is 9.59 Å². The van der Waals surface area contributed by atoms with Crippen LogP contribution in [0.25, 0.3) is 22.8 Å². The van der Waals surface area contributed by atoms with Gasteiger partial charge in [0, 0.05) is 25.1 Å². The number of anilines is 1. The van der Waals surface area contributed by atoms with E-state index in [2.05, 4.69) is 15.5 Å². The molecule has 0 radical (unpaired) electrons. The van der Waals surface area contributed by atoms with E-state index < -0.39 is 5.92 Å². The topological polar surface area (TPSA) is 88.3 Å². The second-order valence-electron chi connectivity index (χ2n) is 8.48. The van der Waals surface area contributed by atoms with Crippen molar-refractivity contribution in [1.82, 2.24) is 15.0 Å². The molecule has 1 aliphatic heterocycles. The Hall–Kier alpha value is -4.26. The number of benzene rings is 3. The van der Waals surface area contributed by atoms with Crippen molar-refractivity contribution in [3.63, 3.8) is 0 Å². The quantitative estimate of drug-likeness (QED) is 0.458. The standard InChI is InChI=1S/C27H24N4O3/c1-18-11-13-19(14-12-18)16-31-17-21(15-24(31)32)26(33)28-23-10-6-5-9-22(23)27-29-25(30-34-27)20-7-3-2-4-8-20/h2-14,21H,15-17H2,1H3,(H,28,33)/t21-/m1/s1. The Morgan fingerprint density at radius 1 is 1.03 bits per heavy atom. The smallest absolute Gasteiger partial charge is 0.260 e. The van der Waals surface area contributed by atoms with Crippen molar-refractivity contribution in [2.24, 2.45) is 5.92 Å². The van der Waals surface area contributed by atoms with Gasteiger partial charge < -0.3 is 14.7 Å². The first-order valence-corrected chi connectivity index (χ1v) is 11.2. The van der Waals surface area contributed by atoms with Crippen LogP contribution < -0.4 is 5.32 Å². The van der Waals surface area contributed by atoms with Crippen LogP contribution in [0.5, 0.6) is 0 Å². The van der Waals surface area contributed by atoms with Gasteiger partial charge in [0.05, 0.1) is 17.2 Å². The highest BCUT2D eigenvalue weighted by molar-refractivity contribution is 5.99. The van der Waals surface area contributed by atoms with Crippen molar-refractivity contribution >= 4 is 17.5 Å². The summed E-state index contributed by atoms with van der Waals surface area (Å²) in [6, 6.07) is 24.9. The third-order valence-corrected chi connectivity index (χ3v) is 5.95. The van der Waals surface area contributed by atoms with E-state index in [4.69, 9.17) is 4.52 Å². The zero-order chi connectivity index (χ0) is 23.5. The van der Waals surface area contributed by atoms with E-state index >= 15 is 0 Å². The molecule has 1 aromatic heterocycles. The average Bonchev–Trinajstić information content (AvgIpc) is 3.49. The summed E-state index contributed by atoms with van der Waals surface area (Å²) in [6.45, 7) is 2.92. The molecule has 2 heterocycles. The van der Waals surface area contributed by atoms with Gasteiger partial charge >= 0.3 is 0 Å². The Morgan fingerprint density at radius 3 is 2.56 bits per heavy atom. The number of hydrogen-bond acceptors (Lipinski definition) is 5. The molecule has 1 aliphatic rings. The fourth-order valence-corrected chi connectivity index (χ4v) is 4.07. The number of nitrogens with one attached hydrogen (secondary N) is 1. The van der Waals surface area contributed by atoms with Gasteiger partial charge in [0.2, 0.25) is 17.6 Å². The molecule has 0 saturated carbocycles. The second kappa shape index (κ2) is 9.31. The molecule has 7 nitrogen and oxygen atoms in total. The van der Waals surface area contributed by atoms with Crippen LogP contribution in [0.15, 0.2) is 83.4 Å². The number of aryl methyl sites for hydroxylation is 1. The average molecular weight is 453 g/mol. The van der Waals surface area contributed by atoms with Crippen molar-refractivity contribution in [1.29, 1.82) is 0 Å². The second-order valence-corrected chi connectivity index (χ2v) is 8.48. The lowest BCUT2D eigenvalue weighted by molar-refractivity contribution is -0.128. The summed E-state index contributed by atoms with van der Waals surface area (Å²) in [4.78, 5) is 31.9. The molecule has 0 spiro atoms. The minimum Gasteiger partial charge on any atom is -0.338 e. The summed E-state index contributed by atoms with van der Waals surface area (Å²) in [7, 11) is 0. The van der Waals surface area contributed by atoms with Crippen LogP contribution in [0.2, 0.25) is 0 Å². The number of rotatable bonds is 6. The molecule has 3 aromatic carbocycles. The first-order valence-electron chi connectivity index (χ1n) is 11.2. The maximum Gasteiger partial charge on any atom is 0.260 e. The van der Waals surface area contributed by atoms with Crippen LogP contribution in [0.3, 0.4) is 0 Å².